The van der Waals surface area contributed by atoms with E-state index in [1.165, 1.54) is 4.90 Å². The average Bonchev–Trinajstić information content (AvgIpc) is 3.06. The van der Waals surface area contributed by atoms with E-state index in [-0.39, 0.29) is 12.5 Å². The highest BCUT2D eigenvalue weighted by Crippen LogP contribution is 2.29. The molecule has 1 fully saturated rings. The summed E-state index contributed by atoms with van der Waals surface area (Å²) in [6.45, 7) is 3.56. The quantitative estimate of drug-likeness (QED) is 0.605. The molecular formula is C12H21N3O4. The second kappa shape index (κ2) is 6.40. The van der Waals surface area contributed by atoms with Gasteiger partial charge in [-0.2, -0.15) is 0 Å². The molecule has 108 valence electrons. The van der Waals surface area contributed by atoms with Gasteiger partial charge in [0, 0.05) is 6.54 Å². The minimum atomic E-state index is -1.07. The maximum absolute atomic E-state index is 12.0. The molecule has 1 aliphatic rings. The molecule has 19 heavy (non-hydrogen) atoms. The second-order valence-corrected chi connectivity index (χ2v) is 5.29. The third kappa shape index (κ3) is 5.15. The van der Waals surface area contributed by atoms with Crippen LogP contribution in [0.1, 0.15) is 26.7 Å². The lowest BCUT2D eigenvalue weighted by molar-refractivity contribution is -0.137. The number of hydrogen-bond donors (Lipinski definition) is 3. The highest BCUT2D eigenvalue weighted by atomic mass is 16.4. The summed E-state index contributed by atoms with van der Waals surface area (Å²) in [6.07, 6.45) is 2.01. The van der Waals surface area contributed by atoms with Crippen LogP contribution in [0.4, 0.5) is 4.79 Å². The zero-order chi connectivity index (χ0) is 14.6. The van der Waals surface area contributed by atoms with Gasteiger partial charge in [0.15, 0.2) is 0 Å². The molecule has 1 saturated carbocycles. The number of carboxylic acid groups (broad SMARTS) is 1. The summed E-state index contributed by atoms with van der Waals surface area (Å²) in [5, 5.41) is 11.3. The summed E-state index contributed by atoms with van der Waals surface area (Å²) < 4.78 is 0. The van der Waals surface area contributed by atoms with E-state index in [2.05, 4.69) is 5.32 Å². The largest absolute Gasteiger partial charge is 0.480 e. The number of carbonyl (C=O) groups excluding carboxylic acids is 2. The number of rotatable bonds is 7. The monoisotopic (exact) mass is 271 g/mol. The van der Waals surface area contributed by atoms with E-state index < -0.39 is 23.9 Å². The molecular weight excluding hydrogens is 250 g/mol. The predicted octanol–water partition coefficient (Wildman–Crippen LogP) is 0.00250. The van der Waals surface area contributed by atoms with E-state index in [4.69, 9.17) is 10.8 Å². The van der Waals surface area contributed by atoms with Crippen molar-refractivity contribution in [3.63, 3.8) is 0 Å². The third-order valence-electron chi connectivity index (χ3n) is 3.04. The molecule has 0 aromatic rings. The van der Waals surface area contributed by atoms with Gasteiger partial charge >= 0.3 is 12.0 Å². The van der Waals surface area contributed by atoms with Gasteiger partial charge in [0.05, 0.1) is 0 Å². The van der Waals surface area contributed by atoms with Crippen molar-refractivity contribution >= 4 is 17.9 Å². The van der Waals surface area contributed by atoms with Crippen LogP contribution in [0.3, 0.4) is 0 Å². The molecule has 1 rings (SSSR count). The van der Waals surface area contributed by atoms with E-state index in [0.29, 0.717) is 12.5 Å². The van der Waals surface area contributed by atoms with E-state index in [1.807, 2.05) is 0 Å². The lowest BCUT2D eigenvalue weighted by Crippen LogP contribution is -2.53. The van der Waals surface area contributed by atoms with Crippen LogP contribution in [0.25, 0.3) is 0 Å². The topological polar surface area (TPSA) is 113 Å². The zero-order valence-corrected chi connectivity index (χ0v) is 11.3. The average molecular weight is 271 g/mol. The Balaban J connectivity index is 2.63. The van der Waals surface area contributed by atoms with Crippen molar-refractivity contribution in [2.45, 2.75) is 32.7 Å². The van der Waals surface area contributed by atoms with Crippen molar-refractivity contribution < 1.29 is 19.5 Å². The van der Waals surface area contributed by atoms with Crippen LogP contribution < -0.4 is 11.1 Å². The van der Waals surface area contributed by atoms with Crippen LogP contribution in [0.5, 0.6) is 0 Å². The van der Waals surface area contributed by atoms with Crippen LogP contribution >= 0.6 is 0 Å². The number of nitrogens with zero attached hydrogens (tertiary/aromatic N) is 1. The fraction of sp³-hybridized carbons (Fsp3) is 0.750. The van der Waals surface area contributed by atoms with Gasteiger partial charge in [-0.3, -0.25) is 9.59 Å². The summed E-state index contributed by atoms with van der Waals surface area (Å²) >= 11 is 0. The highest BCUT2D eigenvalue weighted by molar-refractivity contribution is 5.87. The molecule has 7 heteroatoms. The number of nitrogens with two attached hydrogens (primary N) is 1. The SMILES string of the molecule is CC(C)C(NC(=O)N(CC(=O)O)CC1CC1)C(N)=O. The summed E-state index contributed by atoms with van der Waals surface area (Å²) in [5.41, 5.74) is 5.21. The van der Waals surface area contributed by atoms with Gasteiger partial charge in [0.2, 0.25) is 5.91 Å². The molecule has 0 heterocycles. The molecule has 0 radical (unpaired) electrons. The van der Waals surface area contributed by atoms with Crippen molar-refractivity contribution in [2.24, 2.45) is 17.6 Å². The predicted molar refractivity (Wildman–Crippen MR) is 68.3 cm³/mol. The number of nitrogens with one attached hydrogen (secondary N) is 1. The minimum Gasteiger partial charge on any atom is -0.480 e. The van der Waals surface area contributed by atoms with Gasteiger partial charge in [-0.25, -0.2) is 4.79 Å². The number of carboxylic acids is 1. The lowest BCUT2D eigenvalue weighted by Gasteiger charge is -2.25. The number of carbonyl (C=O) groups is 3. The third-order valence-corrected chi connectivity index (χ3v) is 3.04. The molecule has 1 atom stereocenters. The van der Waals surface area contributed by atoms with Crippen molar-refractivity contribution in [2.75, 3.05) is 13.1 Å². The Morgan fingerprint density at radius 2 is 1.95 bits per heavy atom. The number of aliphatic carboxylic acids is 1. The summed E-state index contributed by atoms with van der Waals surface area (Å²) in [5.74, 6) is -1.47. The Kier molecular flexibility index (Phi) is 5.14. The Hall–Kier alpha value is -1.79. The van der Waals surface area contributed by atoms with E-state index in [1.54, 1.807) is 13.8 Å². The molecule has 4 N–H and O–H groups in total. The number of hydrogen-bond acceptors (Lipinski definition) is 3. The smallest absolute Gasteiger partial charge is 0.323 e. The van der Waals surface area contributed by atoms with Gasteiger partial charge in [0.25, 0.3) is 0 Å². The van der Waals surface area contributed by atoms with Crippen molar-refractivity contribution in [1.29, 1.82) is 0 Å². The Morgan fingerprint density at radius 3 is 2.32 bits per heavy atom. The normalized spacial score (nSPS) is 15.9. The maximum atomic E-state index is 12.0. The first-order chi connectivity index (χ1) is 8.81. The molecule has 0 spiro atoms. The van der Waals surface area contributed by atoms with Gasteiger partial charge < -0.3 is 21.1 Å². The first-order valence-electron chi connectivity index (χ1n) is 6.37. The van der Waals surface area contributed by atoms with Gasteiger partial charge in [0.1, 0.15) is 12.6 Å². The molecule has 3 amide bonds. The van der Waals surface area contributed by atoms with Crippen LogP contribution in [-0.4, -0.2) is 47.0 Å². The molecule has 1 aliphatic carbocycles. The number of primary amides is 1. The number of urea groups is 1. The zero-order valence-electron chi connectivity index (χ0n) is 11.3. The Labute approximate surface area is 112 Å². The summed E-state index contributed by atoms with van der Waals surface area (Å²) in [4.78, 5) is 35.2. The maximum Gasteiger partial charge on any atom is 0.323 e. The molecule has 7 nitrogen and oxygen atoms in total. The second-order valence-electron chi connectivity index (χ2n) is 5.29. The Morgan fingerprint density at radius 1 is 1.37 bits per heavy atom. The molecule has 0 aromatic heterocycles. The molecule has 0 bridgehead atoms. The fourth-order valence-electron chi connectivity index (χ4n) is 1.79. The van der Waals surface area contributed by atoms with Crippen molar-refractivity contribution in [1.82, 2.24) is 10.2 Å². The molecule has 0 aromatic carbocycles. The number of amides is 3. The van der Waals surface area contributed by atoms with Crippen molar-refractivity contribution in [3.8, 4) is 0 Å². The standard InChI is InChI=1S/C12H21N3O4/c1-7(2)10(11(13)18)14-12(19)15(6-9(16)17)5-8-3-4-8/h7-8,10H,3-6H2,1-2H3,(H2,13,18)(H,14,19)(H,16,17). The minimum absolute atomic E-state index is 0.144. The Bertz CT molecular complexity index is 366. The van der Waals surface area contributed by atoms with Crippen molar-refractivity contribution in [3.05, 3.63) is 0 Å². The molecule has 0 saturated heterocycles. The van der Waals surface area contributed by atoms with Gasteiger partial charge in [-0.1, -0.05) is 13.8 Å². The van der Waals surface area contributed by atoms with Crippen LogP contribution in [0.15, 0.2) is 0 Å². The molecule has 0 aliphatic heterocycles. The van der Waals surface area contributed by atoms with Crippen LogP contribution in [0.2, 0.25) is 0 Å². The first kappa shape index (κ1) is 15.3. The molecule has 1 unspecified atom stereocenters. The van der Waals surface area contributed by atoms with Crippen LogP contribution in [-0.2, 0) is 9.59 Å². The van der Waals surface area contributed by atoms with Crippen LogP contribution in [0, 0.1) is 11.8 Å². The fourth-order valence-corrected chi connectivity index (χ4v) is 1.79. The van der Waals surface area contributed by atoms with Gasteiger partial charge in [-0.15, -0.1) is 0 Å². The highest BCUT2D eigenvalue weighted by Gasteiger charge is 2.30. The van der Waals surface area contributed by atoms with E-state index >= 15 is 0 Å². The lowest BCUT2D eigenvalue weighted by atomic mass is 10.0. The summed E-state index contributed by atoms with van der Waals surface area (Å²) in [6, 6.07) is -1.34. The first-order valence-corrected chi connectivity index (χ1v) is 6.37. The van der Waals surface area contributed by atoms with E-state index in [9.17, 15) is 14.4 Å². The summed E-state index contributed by atoms with van der Waals surface area (Å²) in [7, 11) is 0. The van der Waals surface area contributed by atoms with Gasteiger partial charge in [-0.05, 0) is 24.7 Å². The van der Waals surface area contributed by atoms with E-state index in [0.717, 1.165) is 12.8 Å².